The van der Waals surface area contributed by atoms with Crippen molar-refractivity contribution in [3.8, 4) is 11.3 Å². The normalized spacial score (nSPS) is 17.0. The van der Waals surface area contributed by atoms with Gasteiger partial charge in [0.1, 0.15) is 0 Å². The molecule has 0 bridgehead atoms. The monoisotopic (exact) mass is 270 g/mol. The number of oxazole rings is 1. The third-order valence-corrected chi connectivity index (χ3v) is 3.66. The highest BCUT2D eigenvalue weighted by Crippen LogP contribution is 2.33. The van der Waals surface area contributed by atoms with Crippen LogP contribution in [0.3, 0.4) is 0 Å². The maximum Gasteiger partial charge on any atom is 0.304 e. The van der Waals surface area contributed by atoms with Crippen molar-refractivity contribution in [3.05, 3.63) is 24.4 Å². The van der Waals surface area contributed by atoms with Gasteiger partial charge < -0.3 is 15.1 Å². The summed E-state index contributed by atoms with van der Waals surface area (Å²) in [4.78, 5) is 17.5. The number of aromatic nitrogens is 1. The van der Waals surface area contributed by atoms with E-state index in [1.54, 1.807) is 11.1 Å². The minimum atomic E-state index is 0.0817. The number of anilines is 3. The van der Waals surface area contributed by atoms with Gasteiger partial charge in [-0.05, 0) is 24.6 Å². The Kier molecular flexibility index (Phi) is 2.42. The van der Waals surface area contributed by atoms with Gasteiger partial charge in [0.05, 0.1) is 24.2 Å². The summed E-state index contributed by atoms with van der Waals surface area (Å²) in [5, 5.41) is 6.47. The van der Waals surface area contributed by atoms with Crippen LogP contribution in [0.4, 0.5) is 17.4 Å². The Bertz CT molecular complexity index is 680. The first kappa shape index (κ1) is 11.3. The zero-order valence-electron chi connectivity index (χ0n) is 10.8. The molecule has 0 atom stereocenters. The Hall–Kier alpha value is -2.50. The van der Waals surface area contributed by atoms with Crippen LogP contribution in [0.15, 0.2) is 28.8 Å². The van der Waals surface area contributed by atoms with Crippen molar-refractivity contribution >= 4 is 23.3 Å². The lowest BCUT2D eigenvalue weighted by molar-refractivity contribution is -0.117. The number of amides is 1. The van der Waals surface area contributed by atoms with Gasteiger partial charge >= 0.3 is 6.01 Å². The molecule has 2 aliphatic heterocycles. The van der Waals surface area contributed by atoms with Crippen molar-refractivity contribution in [1.82, 2.24) is 4.98 Å². The summed E-state index contributed by atoms with van der Waals surface area (Å²) in [6, 6.07) is 6.41. The summed E-state index contributed by atoms with van der Waals surface area (Å²) in [5.74, 6) is 0.759. The molecule has 1 saturated heterocycles. The first-order valence-corrected chi connectivity index (χ1v) is 6.69. The van der Waals surface area contributed by atoms with E-state index in [1.165, 1.54) is 0 Å². The van der Waals surface area contributed by atoms with Gasteiger partial charge in [0.15, 0.2) is 5.76 Å². The molecule has 2 aromatic rings. The summed E-state index contributed by atoms with van der Waals surface area (Å²) in [6.45, 7) is 1.43. The third-order valence-electron chi connectivity index (χ3n) is 3.66. The van der Waals surface area contributed by atoms with Crippen LogP contribution in [-0.2, 0) is 4.79 Å². The SMILES string of the molecule is O=C1CCCN1c1ncc(-c2ccc3c(c2)NCN3)o1. The Labute approximate surface area is 115 Å². The minimum Gasteiger partial charge on any atom is -0.423 e. The molecular weight excluding hydrogens is 256 g/mol. The zero-order valence-corrected chi connectivity index (χ0v) is 10.8. The van der Waals surface area contributed by atoms with E-state index in [-0.39, 0.29) is 5.91 Å². The maximum atomic E-state index is 11.7. The van der Waals surface area contributed by atoms with Crippen molar-refractivity contribution in [3.63, 3.8) is 0 Å². The maximum absolute atomic E-state index is 11.7. The molecule has 6 nitrogen and oxygen atoms in total. The zero-order chi connectivity index (χ0) is 13.5. The molecule has 1 aromatic heterocycles. The number of rotatable bonds is 2. The molecule has 0 aliphatic carbocycles. The number of hydrogen-bond donors (Lipinski definition) is 2. The van der Waals surface area contributed by atoms with Crippen molar-refractivity contribution in [2.24, 2.45) is 0 Å². The van der Waals surface area contributed by atoms with Crippen molar-refractivity contribution in [2.45, 2.75) is 12.8 Å². The highest BCUT2D eigenvalue weighted by atomic mass is 16.4. The third kappa shape index (κ3) is 1.72. The van der Waals surface area contributed by atoms with Gasteiger partial charge in [-0.2, -0.15) is 0 Å². The van der Waals surface area contributed by atoms with Crippen LogP contribution in [0.25, 0.3) is 11.3 Å². The minimum absolute atomic E-state index is 0.0817. The van der Waals surface area contributed by atoms with E-state index in [4.69, 9.17) is 4.42 Å². The van der Waals surface area contributed by atoms with Crippen LogP contribution >= 0.6 is 0 Å². The fraction of sp³-hybridized carbons (Fsp3) is 0.286. The summed E-state index contributed by atoms with van der Waals surface area (Å²) < 4.78 is 5.73. The number of carbonyl (C=O) groups is 1. The van der Waals surface area contributed by atoms with Gasteiger partial charge in [0.25, 0.3) is 0 Å². The molecule has 1 aromatic carbocycles. The number of carbonyl (C=O) groups excluding carboxylic acids is 1. The van der Waals surface area contributed by atoms with Gasteiger partial charge in [-0.1, -0.05) is 0 Å². The lowest BCUT2D eigenvalue weighted by Crippen LogP contribution is -2.23. The number of nitrogens with zero attached hydrogens (tertiary/aromatic N) is 2. The molecule has 0 radical (unpaired) electrons. The molecule has 102 valence electrons. The van der Waals surface area contributed by atoms with E-state index < -0.39 is 0 Å². The fourth-order valence-electron chi connectivity index (χ4n) is 2.61. The lowest BCUT2D eigenvalue weighted by atomic mass is 10.1. The van der Waals surface area contributed by atoms with Crippen LogP contribution in [0, 0.1) is 0 Å². The summed E-state index contributed by atoms with van der Waals surface area (Å²) in [5.41, 5.74) is 3.09. The number of fused-ring (bicyclic) bond motifs is 1. The van der Waals surface area contributed by atoms with E-state index in [0.717, 1.165) is 30.0 Å². The molecule has 0 saturated carbocycles. The molecule has 0 unspecified atom stereocenters. The van der Waals surface area contributed by atoms with Gasteiger partial charge in [-0.25, -0.2) is 4.98 Å². The van der Waals surface area contributed by atoms with E-state index >= 15 is 0 Å². The van der Waals surface area contributed by atoms with E-state index in [0.29, 0.717) is 24.7 Å². The predicted octanol–water partition coefficient (Wildman–Crippen LogP) is 2.26. The molecule has 4 rings (SSSR count). The second kappa shape index (κ2) is 4.26. The summed E-state index contributed by atoms with van der Waals surface area (Å²) in [7, 11) is 0. The first-order valence-electron chi connectivity index (χ1n) is 6.69. The van der Waals surface area contributed by atoms with E-state index in [9.17, 15) is 4.79 Å². The van der Waals surface area contributed by atoms with Crippen molar-refractivity contribution in [2.75, 3.05) is 28.7 Å². The molecule has 2 N–H and O–H groups in total. The number of hydrogen-bond acceptors (Lipinski definition) is 5. The average Bonchev–Trinajstić information content (AvgIpc) is 3.17. The highest BCUT2D eigenvalue weighted by molar-refractivity contribution is 5.93. The standard InChI is InChI=1S/C14H14N4O2/c19-13-2-1-5-18(13)14-15-7-12(20-14)9-3-4-10-11(6-9)17-8-16-10/h3-4,6-7,16-17H,1-2,5,8H2. The summed E-state index contributed by atoms with van der Waals surface area (Å²) in [6.07, 6.45) is 3.11. The van der Waals surface area contributed by atoms with Crippen LogP contribution in [0.2, 0.25) is 0 Å². The second-order valence-corrected chi connectivity index (χ2v) is 4.95. The Morgan fingerprint density at radius 2 is 2.15 bits per heavy atom. The number of nitrogens with one attached hydrogen (secondary N) is 2. The first-order chi connectivity index (χ1) is 9.81. The molecule has 6 heteroatoms. The van der Waals surface area contributed by atoms with E-state index in [1.807, 2.05) is 18.2 Å². The van der Waals surface area contributed by atoms with Crippen LogP contribution in [0.5, 0.6) is 0 Å². The average molecular weight is 270 g/mol. The van der Waals surface area contributed by atoms with Gasteiger partial charge in [0, 0.05) is 18.5 Å². The van der Waals surface area contributed by atoms with E-state index in [2.05, 4.69) is 15.6 Å². The van der Waals surface area contributed by atoms with Crippen LogP contribution < -0.4 is 15.5 Å². The Balaban J connectivity index is 1.66. The fourth-order valence-corrected chi connectivity index (χ4v) is 2.61. The Morgan fingerprint density at radius 3 is 3.00 bits per heavy atom. The van der Waals surface area contributed by atoms with Crippen LogP contribution in [-0.4, -0.2) is 24.1 Å². The van der Waals surface area contributed by atoms with Gasteiger partial charge in [-0.3, -0.25) is 9.69 Å². The van der Waals surface area contributed by atoms with Crippen molar-refractivity contribution < 1.29 is 9.21 Å². The topological polar surface area (TPSA) is 70.4 Å². The largest absolute Gasteiger partial charge is 0.423 e. The smallest absolute Gasteiger partial charge is 0.304 e. The molecule has 20 heavy (non-hydrogen) atoms. The molecule has 1 fully saturated rings. The van der Waals surface area contributed by atoms with Gasteiger partial charge in [-0.15, -0.1) is 0 Å². The quantitative estimate of drug-likeness (QED) is 0.876. The molecule has 1 amide bonds. The lowest BCUT2D eigenvalue weighted by Gasteiger charge is -2.09. The predicted molar refractivity (Wildman–Crippen MR) is 75.6 cm³/mol. The molecular formula is C14H14N4O2. The highest BCUT2D eigenvalue weighted by Gasteiger charge is 2.26. The molecule has 0 spiro atoms. The van der Waals surface area contributed by atoms with Crippen molar-refractivity contribution in [1.29, 1.82) is 0 Å². The second-order valence-electron chi connectivity index (χ2n) is 4.95. The van der Waals surface area contributed by atoms with Gasteiger partial charge in [0.2, 0.25) is 5.91 Å². The van der Waals surface area contributed by atoms with Crippen LogP contribution in [0.1, 0.15) is 12.8 Å². The Morgan fingerprint density at radius 1 is 1.25 bits per heavy atom. The molecule has 3 heterocycles. The summed E-state index contributed by atoms with van der Waals surface area (Å²) >= 11 is 0. The number of benzene rings is 1. The molecule has 2 aliphatic rings.